The van der Waals surface area contributed by atoms with Crippen molar-refractivity contribution in [2.24, 2.45) is 5.73 Å². The standard InChI is InChI=1S/C10H20N2S/c1-10(4-2-6-13-10)8-12-5-3-9(11)7-12/h9H,2-8,11H2,1H3. The van der Waals surface area contributed by atoms with E-state index in [4.69, 9.17) is 5.73 Å². The highest BCUT2D eigenvalue weighted by molar-refractivity contribution is 8.00. The Morgan fingerprint density at radius 3 is 3.00 bits per heavy atom. The van der Waals surface area contributed by atoms with Crippen LogP contribution in [0.1, 0.15) is 26.2 Å². The molecule has 0 aromatic heterocycles. The van der Waals surface area contributed by atoms with Gasteiger partial charge in [0.2, 0.25) is 0 Å². The Balaban J connectivity index is 1.83. The molecule has 3 heteroatoms. The third kappa shape index (κ3) is 2.39. The fourth-order valence-electron chi connectivity index (χ4n) is 2.44. The molecule has 2 rings (SSSR count). The zero-order valence-electron chi connectivity index (χ0n) is 8.46. The lowest BCUT2D eigenvalue weighted by Gasteiger charge is -2.28. The van der Waals surface area contributed by atoms with Gasteiger partial charge >= 0.3 is 0 Å². The number of rotatable bonds is 2. The van der Waals surface area contributed by atoms with Crippen molar-refractivity contribution in [3.8, 4) is 0 Å². The van der Waals surface area contributed by atoms with E-state index in [1.165, 1.54) is 38.1 Å². The van der Waals surface area contributed by atoms with Crippen LogP contribution < -0.4 is 5.73 Å². The van der Waals surface area contributed by atoms with E-state index in [9.17, 15) is 0 Å². The summed E-state index contributed by atoms with van der Waals surface area (Å²) in [7, 11) is 0. The largest absolute Gasteiger partial charge is 0.326 e. The first-order chi connectivity index (χ1) is 6.18. The minimum Gasteiger partial charge on any atom is -0.326 e. The highest BCUT2D eigenvalue weighted by Gasteiger charge is 2.33. The minimum absolute atomic E-state index is 0.440. The molecule has 2 fully saturated rings. The lowest BCUT2D eigenvalue weighted by atomic mass is 10.1. The van der Waals surface area contributed by atoms with Crippen LogP contribution in [0.25, 0.3) is 0 Å². The molecule has 2 aliphatic rings. The van der Waals surface area contributed by atoms with E-state index < -0.39 is 0 Å². The molecule has 0 aromatic carbocycles. The van der Waals surface area contributed by atoms with Gasteiger partial charge in [-0.1, -0.05) is 0 Å². The van der Waals surface area contributed by atoms with E-state index in [-0.39, 0.29) is 0 Å². The highest BCUT2D eigenvalue weighted by atomic mass is 32.2. The van der Waals surface area contributed by atoms with E-state index in [0.29, 0.717) is 10.8 Å². The van der Waals surface area contributed by atoms with E-state index >= 15 is 0 Å². The molecule has 0 radical (unpaired) electrons. The summed E-state index contributed by atoms with van der Waals surface area (Å²) in [5.74, 6) is 1.36. The molecule has 2 N–H and O–H groups in total. The topological polar surface area (TPSA) is 29.3 Å². The molecule has 2 atom stereocenters. The van der Waals surface area contributed by atoms with Gasteiger partial charge in [-0.15, -0.1) is 0 Å². The Labute approximate surface area is 85.2 Å². The van der Waals surface area contributed by atoms with Gasteiger partial charge in [0.25, 0.3) is 0 Å². The molecule has 0 aromatic rings. The Kier molecular flexibility index (Phi) is 2.86. The monoisotopic (exact) mass is 200 g/mol. The zero-order chi connectivity index (χ0) is 9.31. The third-order valence-electron chi connectivity index (χ3n) is 3.17. The van der Waals surface area contributed by atoms with Crippen LogP contribution in [0.2, 0.25) is 0 Å². The smallest absolute Gasteiger partial charge is 0.0259 e. The molecular formula is C10H20N2S. The first-order valence-corrected chi connectivity index (χ1v) is 6.28. The zero-order valence-corrected chi connectivity index (χ0v) is 9.28. The van der Waals surface area contributed by atoms with Gasteiger partial charge in [0, 0.05) is 23.9 Å². The van der Waals surface area contributed by atoms with Crippen molar-refractivity contribution < 1.29 is 0 Å². The predicted molar refractivity (Wildman–Crippen MR) is 59.1 cm³/mol. The molecule has 13 heavy (non-hydrogen) atoms. The van der Waals surface area contributed by atoms with Crippen LogP contribution in [0.5, 0.6) is 0 Å². The number of thioether (sulfide) groups is 1. The van der Waals surface area contributed by atoms with Crippen molar-refractivity contribution in [3.63, 3.8) is 0 Å². The van der Waals surface area contributed by atoms with Gasteiger partial charge in [0.1, 0.15) is 0 Å². The van der Waals surface area contributed by atoms with E-state index in [1.54, 1.807) is 0 Å². The van der Waals surface area contributed by atoms with Crippen molar-refractivity contribution in [2.75, 3.05) is 25.4 Å². The summed E-state index contributed by atoms with van der Waals surface area (Å²) in [4.78, 5) is 2.54. The normalized spacial score (nSPS) is 41.5. The summed E-state index contributed by atoms with van der Waals surface area (Å²) in [6.07, 6.45) is 3.99. The second-order valence-electron chi connectivity index (χ2n) is 4.69. The van der Waals surface area contributed by atoms with Crippen LogP contribution in [-0.4, -0.2) is 41.1 Å². The maximum Gasteiger partial charge on any atom is 0.0259 e. The Morgan fingerprint density at radius 2 is 2.46 bits per heavy atom. The summed E-state index contributed by atoms with van der Waals surface area (Å²) in [5, 5.41) is 0. The van der Waals surface area contributed by atoms with Crippen LogP contribution in [0.3, 0.4) is 0 Å². The summed E-state index contributed by atoms with van der Waals surface area (Å²) in [5.41, 5.74) is 5.89. The van der Waals surface area contributed by atoms with Crippen LogP contribution in [0.15, 0.2) is 0 Å². The summed E-state index contributed by atoms with van der Waals surface area (Å²) >= 11 is 2.15. The van der Waals surface area contributed by atoms with Gasteiger partial charge in [0.05, 0.1) is 0 Å². The van der Waals surface area contributed by atoms with E-state index in [2.05, 4.69) is 23.6 Å². The Bertz CT molecular complexity index is 178. The van der Waals surface area contributed by atoms with Gasteiger partial charge in [-0.25, -0.2) is 0 Å². The van der Waals surface area contributed by atoms with Crippen molar-refractivity contribution in [3.05, 3.63) is 0 Å². The fraction of sp³-hybridized carbons (Fsp3) is 1.00. The number of hydrogen-bond donors (Lipinski definition) is 1. The van der Waals surface area contributed by atoms with Crippen molar-refractivity contribution in [1.29, 1.82) is 0 Å². The van der Waals surface area contributed by atoms with Crippen LogP contribution >= 0.6 is 11.8 Å². The molecule has 0 aliphatic carbocycles. The predicted octanol–water partition coefficient (Wildman–Crippen LogP) is 1.31. The number of nitrogens with zero attached hydrogens (tertiary/aromatic N) is 1. The number of hydrogen-bond acceptors (Lipinski definition) is 3. The molecule has 2 unspecified atom stereocenters. The highest BCUT2D eigenvalue weighted by Crippen LogP contribution is 2.38. The maximum atomic E-state index is 5.89. The Hall–Kier alpha value is 0.270. The van der Waals surface area contributed by atoms with Crippen molar-refractivity contribution >= 4 is 11.8 Å². The van der Waals surface area contributed by atoms with E-state index in [1.807, 2.05) is 0 Å². The summed E-state index contributed by atoms with van der Waals surface area (Å²) in [6.45, 7) is 6.01. The summed E-state index contributed by atoms with van der Waals surface area (Å²) < 4.78 is 0.532. The molecule has 2 heterocycles. The summed E-state index contributed by atoms with van der Waals surface area (Å²) in [6, 6.07) is 0.440. The SMILES string of the molecule is CC1(CN2CCC(N)C2)CCCS1. The molecule has 2 aliphatic heterocycles. The molecule has 2 saturated heterocycles. The van der Waals surface area contributed by atoms with Crippen LogP contribution in [-0.2, 0) is 0 Å². The second kappa shape index (κ2) is 3.79. The second-order valence-corrected chi connectivity index (χ2v) is 6.37. The Morgan fingerprint density at radius 1 is 1.62 bits per heavy atom. The molecule has 0 saturated carbocycles. The number of likely N-dealkylation sites (tertiary alicyclic amines) is 1. The van der Waals surface area contributed by atoms with Gasteiger partial charge in [-0.2, -0.15) is 11.8 Å². The molecule has 0 bridgehead atoms. The van der Waals surface area contributed by atoms with Crippen molar-refractivity contribution in [1.82, 2.24) is 4.90 Å². The van der Waals surface area contributed by atoms with Gasteiger partial charge in [0.15, 0.2) is 0 Å². The van der Waals surface area contributed by atoms with Gasteiger partial charge in [-0.3, -0.25) is 0 Å². The first kappa shape index (κ1) is 9.81. The molecule has 0 spiro atoms. The first-order valence-electron chi connectivity index (χ1n) is 5.30. The maximum absolute atomic E-state index is 5.89. The molecular weight excluding hydrogens is 180 g/mol. The molecule has 0 amide bonds. The van der Waals surface area contributed by atoms with Crippen molar-refractivity contribution in [2.45, 2.75) is 37.0 Å². The number of nitrogens with two attached hydrogens (primary N) is 1. The fourth-order valence-corrected chi connectivity index (χ4v) is 3.78. The lowest BCUT2D eigenvalue weighted by molar-refractivity contribution is 0.299. The van der Waals surface area contributed by atoms with E-state index in [0.717, 1.165) is 6.54 Å². The van der Waals surface area contributed by atoms with Crippen LogP contribution in [0, 0.1) is 0 Å². The third-order valence-corrected chi connectivity index (χ3v) is 4.69. The molecule has 76 valence electrons. The average Bonchev–Trinajstić information content (AvgIpc) is 2.62. The van der Waals surface area contributed by atoms with Gasteiger partial charge < -0.3 is 10.6 Å². The lowest BCUT2D eigenvalue weighted by Crippen LogP contribution is -2.37. The minimum atomic E-state index is 0.440. The quantitative estimate of drug-likeness (QED) is 0.728. The van der Waals surface area contributed by atoms with Crippen LogP contribution in [0.4, 0.5) is 0 Å². The molecule has 2 nitrogen and oxygen atoms in total. The average molecular weight is 200 g/mol. The van der Waals surface area contributed by atoms with Gasteiger partial charge in [-0.05, 0) is 38.5 Å².